The molecule has 0 bridgehead atoms. The van der Waals surface area contributed by atoms with Gasteiger partial charge in [-0.1, -0.05) is 29.4 Å². The van der Waals surface area contributed by atoms with Crippen molar-refractivity contribution in [1.29, 1.82) is 0 Å². The van der Waals surface area contributed by atoms with Crippen LogP contribution >= 0.6 is 11.8 Å². The van der Waals surface area contributed by atoms with Crippen molar-refractivity contribution in [3.05, 3.63) is 71.4 Å². The Labute approximate surface area is 166 Å². The van der Waals surface area contributed by atoms with Gasteiger partial charge in [0.05, 0.1) is 17.7 Å². The van der Waals surface area contributed by atoms with Gasteiger partial charge in [-0.25, -0.2) is 0 Å². The SMILES string of the molecule is CNC(=O)Cc1ccc(NC(=O)c2ccccc2SCc2nc(C)no2)cc1. The molecule has 144 valence electrons. The minimum absolute atomic E-state index is 0.0563. The quantitative estimate of drug-likeness (QED) is 0.595. The lowest BCUT2D eigenvalue weighted by atomic mass is 10.1. The van der Waals surface area contributed by atoms with E-state index in [1.54, 1.807) is 32.2 Å². The number of aromatic nitrogens is 2. The van der Waals surface area contributed by atoms with Crippen molar-refractivity contribution in [3.8, 4) is 0 Å². The molecule has 0 saturated carbocycles. The molecule has 1 heterocycles. The molecular formula is C20H20N4O3S. The third-order valence-corrected chi connectivity index (χ3v) is 4.97. The van der Waals surface area contributed by atoms with Gasteiger partial charge in [-0.3, -0.25) is 9.59 Å². The largest absolute Gasteiger partial charge is 0.359 e. The van der Waals surface area contributed by atoms with Crippen LogP contribution in [0.5, 0.6) is 0 Å². The molecular weight excluding hydrogens is 376 g/mol. The van der Waals surface area contributed by atoms with Crippen LogP contribution in [0, 0.1) is 6.92 Å². The summed E-state index contributed by atoms with van der Waals surface area (Å²) in [7, 11) is 1.60. The summed E-state index contributed by atoms with van der Waals surface area (Å²) in [6.07, 6.45) is 0.305. The number of hydrogen-bond donors (Lipinski definition) is 2. The smallest absolute Gasteiger partial charge is 0.256 e. The van der Waals surface area contributed by atoms with Crippen LogP contribution in [0.3, 0.4) is 0 Å². The topological polar surface area (TPSA) is 97.1 Å². The molecule has 28 heavy (non-hydrogen) atoms. The average Bonchev–Trinajstić information content (AvgIpc) is 3.13. The van der Waals surface area contributed by atoms with Crippen molar-refractivity contribution in [2.24, 2.45) is 0 Å². The van der Waals surface area contributed by atoms with E-state index >= 15 is 0 Å². The molecule has 2 aromatic carbocycles. The number of thioether (sulfide) groups is 1. The van der Waals surface area contributed by atoms with Crippen molar-refractivity contribution in [2.45, 2.75) is 24.0 Å². The Hall–Kier alpha value is -3.13. The summed E-state index contributed by atoms with van der Waals surface area (Å²) in [6.45, 7) is 1.76. The van der Waals surface area contributed by atoms with Crippen molar-refractivity contribution in [3.63, 3.8) is 0 Å². The highest BCUT2D eigenvalue weighted by atomic mass is 32.2. The molecule has 2 amide bonds. The minimum atomic E-state index is -0.205. The maximum atomic E-state index is 12.7. The molecule has 0 aliphatic carbocycles. The lowest BCUT2D eigenvalue weighted by Crippen LogP contribution is -2.19. The number of carbonyl (C=O) groups is 2. The normalized spacial score (nSPS) is 10.5. The van der Waals surface area contributed by atoms with Gasteiger partial charge in [-0.2, -0.15) is 4.98 Å². The summed E-state index contributed by atoms with van der Waals surface area (Å²) in [5.74, 6) is 1.33. The molecule has 0 atom stereocenters. The number of amides is 2. The molecule has 3 aromatic rings. The van der Waals surface area contributed by atoms with E-state index in [4.69, 9.17) is 4.52 Å². The maximum Gasteiger partial charge on any atom is 0.256 e. The summed E-state index contributed by atoms with van der Waals surface area (Å²) in [6, 6.07) is 14.6. The van der Waals surface area contributed by atoms with E-state index in [9.17, 15) is 9.59 Å². The van der Waals surface area contributed by atoms with Gasteiger partial charge in [-0.05, 0) is 36.8 Å². The van der Waals surface area contributed by atoms with Gasteiger partial charge in [0.15, 0.2) is 5.82 Å². The number of carbonyl (C=O) groups excluding carboxylic acids is 2. The molecule has 3 rings (SSSR count). The molecule has 8 heteroatoms. The highest BCUT2D eigenvalue weighted by molar-refractivity contribution is 7.98. The predicted octanol–water partition coefficient (Wildman–Crippen LogP) is 3.21. The molecule has 0 aliphatic heterocycles. The number of likely N-dealkylation sites (N-methyl/N-ethyl adjacent to an activating group) is 1. The fourth-order valence-electron chi connectivity index (χ4n) is 2.50. The second kappa shape index (κ2) is 9.18. The van der Waals surface area contributed by atoms with Gasteiger partial charge >= 0.3 is 0 Å². The Balaban J connectivity index is 1.66. The number of hydrogen-bond acceptors (Lipinski definition) is 6. The predicted molar refractivity (Wildman–Crippen MR) is 107 cm³/mol. The summed E-state index contributed by atoms with van der Waals surface area (Å²) >= 11 is 1.46. The first-order valence-electron chi connectivity index (χ1n) is 8.67. The summed E-state index contributed by atoms with van der Waals surface area (Å²) in [4.78, 5) is 29.2. The molecule has 0 aliphatic rings. The van der Waals surface area contributed by atoms with Crippen molar-refractivity contribution in [2.75, 3.05) is 12.4 Å². The van der Waals surface area contributed by atoms with Crippen LogP contribution in [0.1, 0.15) is 27.6 Å². The Morgan fingerprint density at radius 2 is 1.86 bits per heavy atom. The summed E-state index contributed by atoms with van der Waals surface area (Å²) < 4.78 is 5.12. The standard InChI is InChI=1S/C20H20N4O3S/c1-13-22-19(27-24-13)12-28-17-6-4-3-5-16(17)20(26)23-15-9-7-14(8-10-15)11-18(25)21-2/h3-10H,11-12H2,1-2H3,(H,21,25)(H,23,26). The van der Waals surface area contributed by atoms with E-state index in [-0.39, 0.29) is 11.8 Å². The summed E-state index contributed by atoms with van der Waals surface area (Å²) in [5.41, 5.74) is 2.11. The number of nitrogens with zero attached hydrogens (tertiary/aromatic N) is 2. The molecule has 7 nitrogen and oxygen atoms in total. The Bertz CT molecular complexity index is 970. The third-order valence-electron chi connectivity index (χ3n) is 3.91. The molecule has 1 aromatic heterocycles. The Kier molecular flexibility index (Phi) is 6.44. The summed E-state index contributed by atoms with van der Waals surface area (Å²) in [5, 5.41) is 9.25. The third kappa shape index (κ3) is 5.20. The number of rotatable bonds is 7. The molecule has 0 spiro atoms. The van der Waals surface area contributed by atoms with Crippen LogP contribution in [-0.2, 0) is 17.0 Å². The number of nitrogens with one attached hydrogen (secondary N) is 2. The molecule has 0 unspecified atom stereocenters. The fourth-order valence-corrected chi connectivity index (χ4v) is 3.38. The lowest BCUT2D eigenvalue weighted by molar-refractivity contribution is -0.119. The van der Waals surface area contributed by atoms with Crippen molar-refractivity contribution in [1.82, 2.24) is 15.5 Å². The number of benzene rings is 2. The van der Waals surface area contributed by atoms with E-state index in [0.29, 0.717) is 35.1 Å². The number of anilines is 1. The number of aryl methyl sites for hydroxylation is 1. The molecule has 0 fully saturated rings. The highest BCUT2D eigenvalue weighted by Gasteiger charge is 2.13. The fraction of sp³-hybridized carbons (Fsp3) is 0.200. The zero-order chi connectivity index (χ0) is 19.9. The van der Waals surface area contributed by atoms with Gasteiger partial charge in [0, 0.05) is 17.6 Å². The van der Waals surface area contributed by atoms with Gasteiger partial charge in [-0.15, -0.1) is 11.8 Å². The molecule has 2 N–H and O–H groups in total. The monoisotopic (exact) mass is 396 g/mol. The molecule has 0 saturated heterocycles. The maximum absolute atomic E-state index is 12.7. The van der Waals surface area contributed by atoms with Gasteiger partial charge in [0.2, 0.25) is 11.8 Å². The first-order chi connectivity index (χ1) is 13.5. The second-order valence-corrected chi connectivity index (χ2v) is 7.04. The zero-order valence-electron chi connectivity index (χ0n) is 15.6. The van der Waals surface area contributed by atoms with Crippen molar-refractivity contribution < 1.29 is 14.1 Å². The van der Waals surface area contributed by atoms with Crippen LogP contribution in [0.25, 0.3) is 0 Å². The first-order valence-corrected chi connectivity index (χ1v) is 9.65. The van der Waals surface area contributed by atoms with Crippen LogP contribution in [0.2, 0.25) is 0 Å². The van der Waals surface area contributed by atoms with Crippen LogP contribution in [0.15, 0.2) is 57.9 Å². The van der Waals surface area contributed by atoms with Gasteiger partial charge < -0.3 is 15.2 Å². The highest BCUT2D eigenvalue weighted by Crippen LogP contribution is 2.26. The molecule has 0 radical (unpaired) electrons. The van der Waals surface area contributed by atoms with Crippen LogP contribution < -0.4 is 10.6 Å². The van der Waals surface area contributed by atoms with Gasteiger partial charge in [0.25, 0.3) is 5.91 Å². The Morgan fingerprint density at radius 3 is 2.54 bits per heavy atom. The van der Waals surface area contributed by atoms with E-state index in [0.717, 1.165) is 10.5 Å². The van der Waals surface area contributed by atoms with E-state index in [2.05, 4.69) is 20.8 Å². The average molecular weight is 396 g/mol. The van der Waals surface area contributed by atoms with Crippen molar-refractivity contribution >= 4 is 29.3 Å². The lowest BCUT2D eigenvalue weighted by Gasteiger charge is -2.10. The van der Waals surface area contributed by atoms with E-state index < -0.39 is 0 Å². The van der Waals surface area contributed by atoms with Gasteiger partial charge in [0.1, 0.15) is 0 Å². The van der Waals surface area contributed by atoms with Crippen LogP contribution in [-0.4, -0.2) is 29.0 Å². The second-order valence-electron chi connectivity index (χ2n) is 6.02. The van der Waals surface area contributed by atoms with E-state index in [1.165, 1.54) is 11.8 Å². The van der Waals surface area contributed by atoms with E-state index in [1.807, 2.05) is 30.3 Å². The first kappa shape index (κ1) is 19.6. The van der Waals surface area contributed by atoms with Crippen LogP contribution in [0.4, 0.5) is 5.69 Å². The zero-order valence-corrected chi connectivity index (χ0v) is 16.4. The minimum Gasteiger partial charge on any atom is -0.359 e. The Morgan fingerprint density at radius 1 is 1.11 bits per heavy atom.